The average Bonchev–Trinajstić information content (AvgIpc) is 3.34. The molecule has 0 bridgehead atoms. The molecule has 148 valence electrons. The molecular formula is C20H26N6OS. The van der Waals surface area contributed by atoms with Gasteiger partial charge in [0.15, 0.2) is 11.8 Å². The summed E-state index contributed by atoms with van der Waals surface area (Å²) >= 11 is 1.68. The third kappa shape index (κ3) is 5.63. The molecule has 0 aliphatic heterocycles. The lowest BCUT2D eigenvalue weighted by Crippen LogP contribution is -2.37. The van der Waals surface area contributed by atoms with Crippen molar-refractivity contribution in [3.63, 3.8) is 0 Å². The fraction of sp³-hybridized carbons (Fsp3) is 0.400. The third-order valence-corrected chi connectivity index (χ3v) is 4.96. The first-order valence-corrected chi connectivity index (χ1v) is 10.3. The second-order valence-corrected chi connectivity index (χ2v) is 7.49. The number of rotatable bonds is 8. The topological polar surface area (TPSA) is 88.2 Å². The summed E-state index contributed by atoms with van der Waals surface area (Å²) in [5.41, 5.74) is 3.15. The molecule has 0 saturated heterocycles. The Balaban J connectivity index is 1.52. The van der Waals surface area contributed by atoms with Crippen molar-refractivity contribution < 1.29 is 4.52 Å². The molecule has 0 saturated carbocycles. The summed E-state index contributed by atoms with van der Waals surface area (Å²) in [6, 6.07) is 8.10. The highest BCUT2D eigenvalue weighted by molar-refractivity contribution is 7.09. The van der Waals surface area contributed by atoms with Crippen LogP contribution in [0.15, 0.2) is 39.2 Å². The Hall–Kier alpha value is -2.74. The van der Waals surface area contributed by atoms with E-state index < -0.39 is 0 Å². The molecule has 28 heavy (non-hydrogen) atoms. The maximum absolute atomic E-state index is 5.38. The van der Waals surface area contributed by atoms with Crippen LogP contribution in [-0.2, 0) is 19.4 Å². The largest absolute Gasteiger partial charge is 0.356 e. The molecule has 0 aliphatic carbocycles. The van der Waals surface area contributed by atoms with E-state index in [9.17, 15) is 0 Å². The molecule has 0 amide bonds. The minimum atomic E-state index is 0.561. The van der Waals surface area contributed by atoms with Gasteiger partial charge in [0.25, 0.3) is 5.89 Å². The number of nitrogens with zero attached hydrogens (tertiary/aromatic N) is 4. The number of hydrogen-bond acceptors (Lipinski definition) is 6. The second-order valence-electron chi connectivity index (χ2n) is 6.43. The Bertz CT molecular complexity index is 917. The molecule has 3 rings (SSSR count). The van der Waals surface area contributed by atoms with Crippen LogP contribution in [0.5, 0.6) is 0 Å². The van der Waals surface area contributed by atoms with E-state index in [4.69, 9.17) is 4.52 Å². The summed E-state index contributed by atoms with van der Waals surface area (Å²) in [5.74, 6) is 2.08. The first-order chi connectivity index (χ1) is 13.7. The lowest BCUT2D eigenvalue weighted by Gasteiger charge is -2.11. The van der Waals surface area contributed by atoms with Crippen molar-refractivity contribution in [1.82, 2.24) is 25.8 Å². The highest BCUT2D eigenvalue weighted by atomic mass is 32.1. The van der Waals surface area contributed by atoms with E-state index in [0.29, 0.717) is 12.4 Å². The maximum atomic E-state index is 5.38. The van der Waals surface area contributed by atoms with Gasteiger partial charge in [0.05, 0.1) is 10.7 Å². The average molecular weight is 399 g/mol. The van der Waals surface area contributed by atoms with Crippen LogP contribution in [0, 0.1) is 6.92 Å². The molecule has 0 aliphatic rings. The van der Waals surface area contributed by atoms with Crippen molar-refractivity contribution >= 4 is 17.3 Å². The van der Waals surface area contributed by atoms with E-state index in [2.05, 4.69) is 55.2 Å². The van der Waals surface area contributed by atoms with Crippen molar-refractivity contribution in [2.45, 2.75) is 39.7 Å². The van der Waals surface area contributed by atoms with Crippen molar-refractivity contribution in [3.05, 3.63) is 51.7 Å². The molecule has 2 aromatic heterocycles. The van der Waals surface area contributed by atoms with Gasteiger partial charge in [0.1, 0.15) is 0 Å². The summed E-state index contributed by atoms with van der Waals surface area (Å²) in [7, 11) is 1.77. The van der Waals surface area contributed by atoms with E-state index in [-0.39, 0.29) is 0 Å². The highest BCUT2D eigenvalue weighted by Crippen LogP contribution is 2.19. The third-order valence-electron chi connectivity index (χ3n) is 4.14. The summed E-state index contributed by atoms with van der Waals surface area (Å²) in [4.78, 5) is 13.2. The zero-order chi connectivity index (χ0) is 19.8. The number of thiazole rings is 1. The number of aliphatic imine (C=N–C) groups is 1. The van der Waals surface area contributed by atoms with Crippen LogP contribution in [0.3, 0.4) is 0 Å². The van der Waals surface area contributed by atoms with E-state index >= 15 is 0 Å². The summed E-state index contributed by atoms with van der Waals surface area (Å²) in [5, 5.41) is 13.9. The van der Waals surface area contributed by atoms with E-state index in [0.717, 1.165) is 59.4 Å². The molecule has 8 heteroatoms. The van der Waals surface area contributed by atoms with Gasteiger partial charge in [-0.05, 0) is 31.0 Å². The smallest absolute Gasteiger partial charge is 0.257 e. The minimum absolute atomic E-state index is 0.561. The Morgan fingerprint density at radius 2 is 2.11 bits per heavy atom. The predicted molar refractivity (Wildman–Crippen MR) is 112 cm³/mol. The molecule has 2 N–H and O–H groups in total. The standard InChI is InChI=1S/C20H26N6OS/c1-4-6-18-25-19(27-26-18)16-8-5-7-15(11-16)12-23-20(21-3)22-10-9-17-13-28-14(2)24-17/h5,7-8,11,13H,4,6,9-10,12H2,1-3H3,(H2,21,22,23). The normalized spacial score (nSPS) is 11.6. The molecule has 7 nitrogen and oxygen atoms in total. The Kier molecular flexibility index (Phi) is 7.13. The first-order valence-electron chi connectivity index (χ1n) is 9.45. The van der Waals surface area contributed by atoms with Gasteiger partial charge in [-0.25, -0.2) is 4.98 Å². The zero-order valence-electron chi connectivity index (χ0n) is 16.5. The minimum Gasteiger partial charge on any atom is -0.356 e. The van der Waals surface area contributed by atoms with Gasteiger partial charge >= 0.3 is 0 Å². The van der Waals surface area contributed by atoms with Crippen LogP contribution in [0.2, 0.25) is 0 Å². The number of guanidine groups is 1. The summed E-state index contributed by atoms with van der Waals surface area (Å²) in [6.07, 6.45) is 2.70. The number of aromatic nitrogens is 3. The van der Waals surface area contributed by atoms with Crippen LogP contribution in [0.25, 0.3) is 11.5 Å². The van der Waals surface area contributed by atoms with Gasteiger partial charge < -0.3 is 15.2 Å². The maximum Gasteiger partial charge on any atom is 0.257 e. The van der Waals surface area contributed by atoms with Gasteiger partial charge in [-0.15, -0.1) is 11.3 Å². The van der Waals surface area contributed by atoms with Gasteiger partial charge in [0.2, 0.25) is 0 Å². The Morgan fingerprint density at radius 3 is 2.86 bits per heavy atom. The quantitative estimate of drug-likeness (QED) is 0.447. The Morgan fingerprint density at radius 1 is 1.21 bits per heavy atom. The number of nitrogens with one attached hydrogen (secondary N) is 2. The van der Waals surface area contributed by atoms with Gasteiger partial charge in [-0.2, -0.15) is 4.98 Å². The van der Waals surface area contributed by atoms with Crippen LogP contribution >= 0.6 is 11.3 Å². The molecule has 3 aromatic rings. The van der Waals surface area contributed by atoms with Crippen molar-refractivity contribution in [2.24, 2.45) is 4.99 Å². The van der Waals surface area contributed by atoms with Crippen LogP contribution in [0.1, 0.15) is 35.4 Å². The lowest BCUT2D eigenvalue weighted by atomic mass is 10.1. The molecule has 0 radical (unpaired) electrons. The molecule has 0 fully saturated rings. The molecule has 0 atom stereocenters. The molecular weight excluding hydrogens is 372 g/mol. The van der Waals surface area contributed by atoms with Crippen LogP contribution in [0.4, 0.5) is 0 Å². The molecule has 2 heterocycles. The lowest BCUT2D eigenvalue weighted by molar-refractivity contribution is 0.422. The molecule has 0 spiro atoms. The van der Waals surface area contributed by atoms with Crippen LogP contribution < -0.4 is 10.6 Å². The SMILES string of the molecule is CCCc1noc(-c2cccc(CNC(=NC)NCCc3csc(C)n3)c2)n1. The van der Waals surface area contributed by atoms with Crippen molar-refractivity contribution in [1.29, 1.82) is 0 Å². The fourth-order valence-electron chi connectivity index (χ4n) is 2.75. The molecule has 0 unspecified atom stereocenters. The van der Waals surface area contributed by atoms with Crippen molar-refractivity contribution in [2.75, 3.05) is 13.6 Å². The van der Waals surface area contributed by atoms with E-state index in [1.807, 2.05) is 19.1 Å². The number of benzene rings is 1. The van der Waals surface area contributed by atoms with Gasteiger partial charge in [-0.1, -0.05) is 24.2 Å². The Labute approximate surface area is 169 Å². The summed E-state index contributed by atoms with van der Waals surface area (Å²) in [6.45, 7) is 5.56. The first kappa shape index (κ1) is 20.0. The van der Waals surface area contributed by atoms with Gasteiger partial charge in [-0.3, -0.25) is 4.99 Å². The number of aryl methyl sites for hydroxylation is 2. The second kappa shape index (κ2) is 9.98. The zero-order valence-corrected chi connectivity index (χ0v) is 17.3. The molecule has 1 aromatic carbocycles. The summed E-state index contributed by atoms with van der Waals surface area (Å²) < 4.78 is 5.38. The highest BCUT2D eigenvalue weighted by Gasteiger charge is 2.09. The number of hydrogen-bond donors (Lipinski definition) is 2. The van der Waals surface area contributed by atoms with Crippen LogP contribution in [-0.4, -0.2) is 34.7 Å². The fourth-order valence-corrected chi connectivity index (χ4v) is 3.40. The predicted octanol–water partition coefficient (Wildman–Crippen LogP) is 3.36. The monoisotopic (exact) mass is 398 g/mol. The van der Waals surface area contributed by atoms with E-state index in [1.54, 1.807) is 18.4 Å². The van der Waals surface area contributed by atoms with Gasteiger partial charge in [0, 0.05) is 43.9 Å². The van der Waals surface area contributed by atoms with Crippen molar-refractivity contribution in [3.8, 4) is 11.5 Å². The van der Waals surface area contributed by atoms with E-state index in [1.165, 1.54) is 0 Å².